The first kappa shape index (κ1) is 12.6. The number of nitrogens with one attached hydrogen (secondary N) is 1. The predicted octanol–water partition coefficient (Wildman–Crippen LogP) is 3.23. The van der Waals surface area contributed by atoms with E-state index in [1.54, 1.807) is 0 Å². The molecule has 2 rings (SSSR count). The summed E-state index contributed by atoms with van der Waals surface area (Å²) < 4.78 is 32.1. The van der Waals surface area contributed by atoms with Crippen LogP contribution in [0.25, 0.3) is 0 Å². The average molecular weight is 262 g/mol. The molecule has 1 atom stereocenters. The van der Waals surface area contributed by atoms with E-state index in [1.165, 1.54) is 13.2 Å². The molecule has 1 aromatic carbocycles. The highest BCUT2D eigenvalue weighted by molar-refractivity contribution is 6.30. The van der Waals surface area contributed by atoms with Crippen molar-refractivity contribution in [3.8, 4) is 5.75 Å². The van der Waals surface area contributed by atoms with E-state index in [0.29, 0.717) is 5.56 Å². The molecule has 5 heteroatoms. The SMILES string of the molecule is COc1c(C2(C)CCCN2)cc(Cl)c(F)c1F. The van der Waals surface area contributed by atoms with Gasteiger partial charge in [-0.3, -0.25) is 0 Å². The van der Waals surface area contributed by atoms with Gasteiger partial charge < -0.3 is 10.1 Å². The molecule has 1 unspecified atom stereocenters. The summed E-state index contributed by atoms with van der Waals surface area (Å²) in [4.78, 5) is 0. The van der Waals surface area contributed by atoms with Crippen molar-refractivity contribution in [2.75, 3.05) is 13.7 Å². The van der Waals surface area contributed by atoms with E-state index in [0.717, 1.165) is 19.4 Å². The largest absolute Gasteiger partial charge is 0.493 e. The van der Waals surface area contributed by atoms with Gasteiger partial charge in [-0.1, -0.05) is 11.6 Å². The van der Waals surface area contributed by atoms with E-state index in [2.05, 4.69) is 5.32 Å². The number of methoxy groups -OCH3 is 1. The monoisotopic (exact) mass is 261 g/mol. The maximum absolute atomic E-state index is 13.7. The van der Waals surface area contributed by atoms with Crippen molar-refractivity contribution >= 4 is 11.6 Å². The second-order valence-corrected chi connectivity index (χ2v) is 4.84. The molecule has 0 amide bonds. The van der Waals surface area contributed by atoms with Crippen LogP contribution in [0.1, 0.15) is 25.3 Å². The van der Waals surface area contributed by atoms with Crippen molar-refractivity contribution < 1.29 is 13.5 Å². The van der Waals surface area contributed by atoms with Crippen molar-refractivity contribution in [3.63, 3.8) is 0 Å². The molecule has 1 fully saturated rings. The Kier molecular flexibility index (Phi) is 3.27. The summed E-state index contributed by atoms with van der Waals surface area (Å²) in [5.41, 5.74) is 0.158. The van der Waals surface area contributed by atoms with Gasteiger partial charge in [0.15, 0.2) is 11.6 Å². The molecule has 17 heavy (non-hydrogen) atoms. The van der Waals surface area contributed by atoms with E-state index in [9.17, 15) is 8.78 Å². The number of hydrogen-bond donors (Lipinski definition) is 1. The van der Waals surface area contributed by atoms with Crippen LogP contribution in [0.3, 0.4) is 0 Å². The zero-order valence-corrected chi connectivity index (χ0v) is 10.5. The van der Waals surface area contributed by atoms with Crippen molar-refractivity contribution in [1.29, 1.82) is 0 Å². The summed E-state index contributed by atoms with van der Waals surface area (Å²) in [6.45, 7) is 2.78. The average Bonchev–Trinajstić information content (AvgIpc) is 2.74. The zero-order valence-electron chi connectivity index (χ0n) is 9.74. The van der Waals surface area contributed by atoms with Crippen LogP contribution in [0.4, 0.5) is 8.78 Å². The van der Waals surface area contributed by atoms with Gasteiger partial charge in [-0.2, -0.15) is 4.39 Å². The summed E-state index contributed by atoms with van der Waals surface area (Å²) in [6, 6.07) is 1.44. The third-order valence-electron chi connectivity index (χ3n) is 3.28. The second-order valence-electron chi connectivity index (χ2n) is 4.43. The lowest BCUT2D eigenvalue weighted by molar-refractivity contribution is 0.340. The Morgan fingerprint density at radius 2 is 2.12 bits per heavy atom. The molecule has 1 N–H and O–H groups in total. The number of rotatable bonds is 2. The molecule has 0 saturated carbocycles. The first-order valence-electron chi connectivity index (χ1n) is 5.46. The Bertz CT molecular complexity index is 445. The maximum atomic E-state index is 13.7. The fourth-order valence-electron chi connectivity index (χ4n) is 2.31. The van der Waals surface area contributed by atoms with Crippen molar-refractivity contribution in [2.45, 2.75) is 25.3 Å². The topological polar surface area (TPSA) is 21.3 Å². The molecule has 1 aromatic rings. The Morgan fingerprint density at radius 1 is 1.41 bits per heavy atom. The van der Waals surface area contributed by atoms with Gasteiger partial charge in [0.25, 0.3) is 0 Å². The molecular formula is C12H14ClF2NO. The molecule has 0 bridgehead atoms. The van der Waals surface area contributed by atoms with Crippen LogP contribution in [-0.4, -0.2) is 13.7 Å². The Hall–Kier alpha value is -0.870. The summed E-state index contributed by atoms with van der Waals surface area (Å²) in [5, 5.41) is 3.06. The van der Waals surface area contributed by atoms with E-state index >= 15 is 0 Å². The second kappa shape index (κ2) is 4.42. The summed E-state index contributed by atoms with van der Waals surface area (Å²) >= 11 is 5.69. The highest BCUT2D eigenvalue weighted by Gasteiger charge is 2.35. The highest BCUT2D eigenvalue weighted by atomic mass is 35.5. The van der Waals surface area contributed by atoms with E-state index < -0.39 is 17.2 Å². The molecule has 0 aromatic heterocycles. The van der Waals surface area contributed by atoms with Crippen LogP contribution in [-0.2, 0) is 5.54 Å². The number of hydrogen-bond acceptors (Lipinski definition) is 2. The van der Waals surface area contributed by atoms with Gasteiger partial charge in [0.2, 0.25) is 5.82 Å². The van der Waals surface area contributed by atoms with Gasteiger partial charge in [0, 0.05) is 11.1 Å². The summed E-state index contributed by atoms with van der Waals surface area (Å²) in [7, 11) is 1.33. The third kappa shape index (κ3) is 2.00. The Labute approximate surface area is 104 Å². The van der Waals surface area contributed by atoms with Crippen molar-refractivity contribution in [1.82, 2.24) is 5.32 Å². The normalized spacial score (nSPS) is 24.1. The van der Waals surface area contributed by atoms with Gasteiger partial charge in [0.1, 0.15) is 0 Å². The van der Waals surface area contributed by atoms with Gasteiger partial charge in [-0.25, -0.2) is 4.39 Å². The van der Waals surface area contributed by atoms with Gasteiger partial charge in [-0.15, -0.1) is 0 Å². The quantitative estimate of drug-likeness (QED) is 0.826. The molecule has 2 nitrogen and oxygen atoms in total. The predicted molar refractivity (Wildman–Crippen MR) is 62.5 cm³/mol. The Morgan fingerprint density at radius 3 is 2.65 bits per heavy atom. The molecule has 0 radical (unpaired) electrons. The molecule has 1 heterocycles. The molecule has 1 saturated heterocycles. The van der Waals surface area contributed by atoms with Crippen LogP contribution in [0.5, 0.6) is 5.75 Å². The van der Waals surface area contributed by atoms with Crippen molar-refractivity contribution in [2.24, 2.45) is 0 Å². The minimum Gasteiger partial charge on any atom is -0.493 e. The Balaban J connectivity index is 2.60. The lowest BCUT2D eigenvalue weighted by atomic mass is 9.89. The summed E-state index contributed by atoms with van der Waals surface area (Å²) in [5.74, 6) is -2.15. The zero-order chi connectivity index (χ0) is 12.6. The lowest BCUT2D eigenvalue weighted by Crippen LogP contribution is -2.34. The van der Waals surface area contributed by atoms with Crippen LogP contribution in [0.15, 0.2) is 6.07 Å². The molecule has 94 valence electrons. The maximum Gasteiger partial charge on any atom is 0.202 e. The molecule has 0 spiro atoms. The van der Waals surface area contributed by atoms with E-state index in [4.69, 9.17) is 16.3 Å². The summed E-state index contributed by atoms with van der Waals surface area (Å²) in [6.07, 6.45) is 1.82. The molecular weight excluding hydrogens is 248 g/mol. The lowest BCUT2D eigenvalue weighted by Gasteiger charge is -2.27. The highest BCUT2D eigenvalue weighted by Crippen LogP contribution is 2.40. The molecule has 1 aliphatic rings. The number of ether oxygens (including phenoxy) is 1. The van der Waals surface area contributed by atoms with Crippen molar-refractivity contribution in [3.05, 3.63) is 28.3 Å². The van der Waals surface area contributed by atoms with Gasteiger partial charge >= 0.3 is 0 Å². The standard InChI is InChI=1S/C12H14ClF2NO/c1-12(4-3-5-16-12)7-6-8(13)9(14)10(15)11(7)17-2/h6,16H,3-5H2,1-2H3. The minimum absolute atomic E-state index is 0.0659. The molecule has 0 aliphatic carbocycles. The third-order valence-corrected chi connectivity index (χ3v) is 3.56. The van der Waals surface area contributed by atoms with E-state index in [1.807, 2.05) is 6.92 Å². The minimum atomic E-state index is -1.06. The van der Waals surface area contributed by atoms with Gasteiger partial charge in [-0.05, 0) is 32.4 Å². The number of halogens is 3. The van der Waals surface area contributed by atoms with Crippen LogP contribution >= 0.6 is 11.6 Å². The number of benzene rings is 1. The first-order valence-corrected chi connectivity index (χ1v) is 5.84. The fourth-order valence-corrected chi connectivity index (χ4v) is 2.50. The van der Waals surface area contributed by atoms with Crippen LogP contribution in [0, 0.1) is 11.6 Å². The van der Waals surface area contributed by atoms with E-state index in [-0.39, 0.29) is 10.8 Å². The van der Waals surface area contributed by atoms with Crippen LogP contribution in [0.2, 0.25) is 5.02 Å². The first-order chi connectivity index (χ1) is 7.99. The smallest absolute Gasteiger partial charge is 0.202 e. The van der Waals surface area contributed by atoms with Gasteiger partial charge in [0.05, 0.1) is 12.1 Å². The molecule has 1 aliphatic heterocycles. The van der Waals surface area contributed by atoms with Crippen LogP contribution < -0.4 is 10.1 Å². The fraction of sp³-hybridized carbons (Fsp3) is 0.500.